The van der Waals surface area contributed by atoms with E-state index in [-0.39, 0.29) is 23.3 Å². The van der Waals surface area contributed by atoms with Crippen molar-refractivity contribution in [3.8, 4) is 0 Å². The molecule has 0 bridgehead atoms. The first kappa shape index (κ1) is 19.0. The molecular weight excluding hydrogens is 348 g/mol. The average Bonchev–Trinajstić information content (AvgIpc) is 2.98. The van der Waals surface area contributed by atoms with Gasteiger partial charge in [-0.1, -0.05) is 69.5 Å². The van der Waals surface area contributed by atoms with Crippen LogP contribution in [-0.4, -0.2) is 29.3 Å². The summed E-state index contributed by atoms with van der Waals surface area (Å²) in [6.45, 7) is 4.86. The minimum atomic E-state index is -0.585. The van der Waals surface area contributed by atoms with E-state index in [1.54, 1.807) is 11.0 Å². The third-order valence-electron chi connectivity index (χ3n) is 6.45. The second-order valence-electron chi connectivity index (χ2n) is 9.00. The highest BCUT2D eigenvalue weighted by molar-refractivity contribution is 5.96. The van der Waals surface area contributed by atoms with E-state index in [1.807, 2.05) is 30.3 Å². The summed E-state index contributed by atoms with van der Waals surface area (Å²) in [6.07, 6.45) is 10.6. The molecule has 1 aliphatic heterocycles. The molecule has 1 N–H and O–H groups in total. The second-order valence-corrected chi connectivity index (χ2v) is 9.00. The van der Waals surface area contributed by atoms with Crippen LogP contribution >= 0.6 is 0 Å². The van der Waals surface area contributed by atoms with Crippen molar-refractivity contribution in [2.75, 3.05) is 6.54 Å². The van der Waals surface area contributed by atoms with E-state index >= 15 is 0 Å². The van der Waals surface area contributed by atoms with Crippen LogP contribution in [0.15, 0.2) is 53.6 Å². The van der Waals surface area contributed by atoms with Gasteiger partial charge in [0.2, 0.25) is 11.8 Å². The van der Waals surface area contributed by atoms with Crippen LogP contribution in [0.3, 0.4) is 0 Å². The number of benzene rings is 1. The number of hydrogen-bond donors (Lipinski definition) is 1. The van der Waals surface area contributed by atoms with Gasteiger partial charge < -0.3 is 10.2 Å². The van der Waals surface area contributed by atoms with Crippen LogP contribution in [0.2, 0.25) is 0 Å². The number of allylic oxidation sites excluding steroid dienone is 1. The van der Waals surface area contributed by atoms with Crippen LogP contribution in [0.5, 0.6) is 0 Å². The molecule has 0 spiro atoms. The molecule has 28 heavy (non-hydrogen) atoms. The van der Waals surface area contributed by atoms with Crippen molar-refractivity contribution in [1.82, 2.24) is 10.2 Å². The molecule has 2 aliphatic carbocycles. The lowest BCUT2D eigenvalue weighted by Gasteiger charge is -2.37. The summed E-state index contributed by atoms with van der Waals surface area (Å²) >= 11 is 0. The largest absolute Gasteiger partial charge is 0.351 e. The highest BCUT2D eigenvalue weighted by Crippen LogP contribution is 2.44. The molecule has 4 rings (SSSR count). The van der Waals surface area contributed by atoms with Gasteiger partial charge in [0.05, 0.1) is 0 Å². The summed E-state index contributed by atoms with van der Waals surface area (Å²) in [6, 6.07) is 9.35. The van der Waals surface area contributed by atoms with Crippen LogP contribution in [0.25, 0.3) is 0 Å². The highest BCUT2D eigenvalue weighted by atomic mass is 16.2. The monoisotopic (exact) mass is 378 g/mol. The first-order chi connectivity index (χ1) is 13.5. The first-order valence-electron chi connectivity index (χ1n) is 10.5. The van der Waals surface area contributed by atoms with Crippen molar-refractivity contribution in [2.45, 2.75) is 64.5 Å². The summed E-state index contributed by atoms with van der Waals surface area (Å²) < 4.78 is 0. The molecular formula is C24H30N2O2. The van der Waals surface area contributed by atoms with Gasteiger partial charge in [0.15, 0.2) is 0 Å². The predicted molar refractivity (Wildman–Crippen MR) is 110 cm³/mol. The quantitative estimate of drug-likeness (QED) is 0.849. The number of fused-ring (bicyclic) bond motifs is 1. The van der Waals surface area contributed by atoms with Gasteiger partial charge in [-0.3, -0.25) is 9.59 Å². The van der Waals surface area contributed by atoms with Crippen molar-refractivity contribution in [3.63, 3.8) is 0 Å². The zero-order valence-electron chi connectivity index (χ0n) is 16.9. The van der Waals surface area contributed by atoms with Crippen LogP contribution in [-0.2, 0) is 9.59 Å². The zero-order valence-corrected chi connectivity index (χ0v) is 16.9. The van der Waals surface area contributed by atoms with Crippen molar-refractivity contribution >= 4 is 11.8 Å². The molecule has 4 nitrogen and oxygen atoms in total. The van der Waals surface area contributed by atoms with Gasteiger partial charge in [-0.05, 0) is 41.4 Å². The lowest BCUT2D eigenvalue weighted by Crippen LogP contribution is -2.48. The number of carbonyl (C=O) groups excluding carboxylic acids is 2. The standard InChI is InChI=1S/C24H30N2O2/c1-24(2)14-13-18-16-26(21(27)15-20(18)24)22(17-9-5-3-6-10-17)23(28)25-19-11-7-4-8-12-19/h3,5-6,9-10,13,15,19,22H,4,7-8,11-12,14,16H2,1-2H3,(H,25,28). The minimum absolute atomic E-state index is 0.00365. The predicted octanol–water partition coefficient (Wildman–Crippen LogP) is 4.30. The van der Waals surface area contributed by atoms with Crippen LogP contribution in [0, 0.1) is 5.41 Å². The van der Waals surface area contributed by atoms with E-state index in [0.717, 1.165) is 43.2 Å². The van der Waals surface area contributed by atoms with Gasteiger partial charge >= 0.3 is 0 Å². The Morgan fingerprint density at radius 2 is 1.86 bits per heavy atom. The van der Waals surface area contributed by atoms with E-state index in [2.05, 4.69) is 25.2 Å². The third-order valence-corrected chi connectivity index (χ3v) is 6.45. The molecule has 2 amide bonds. The molecule has 1 saturated carbocycles. The summed E-state index contributed by atoms with van der Waals surface area (Å²) in [5.41, 5.74) is 3.20. The molecule has 3 aliphatic rings. The average molecular weight is 379 g/mol. The van der Waals surface area contributed by atoms with Crippen molar-refractivity contribution in [3.05, 3.63) is 59.2 Å². The van der Waals surface area contributed by atoms with Crippen molar-refractivity contribution in [1.29, 1.82) is 0 Å². The number of carbonyl (C=O) groups is 2. The minimum Gasteiger partial charge on any atom is -0.351 e. The Labute approximate surface area is 167 Å². The molecule has 0 saturated heterocycles. The number of amides is 2. The van der Waals surface area contributed by atoms with Gasteiger partial charge in [0.25, 0.3) is 0 Å². The maximum atomic E-state index is 13.3. The molecule has 0 radical (unpaired) electrons. The summed E-state index contributed by atoms with van der Waals surface area (Å²) in [4.78, 5) is 28.1. The van der Waals surface area contributed by atoms with Crippen LogP contribution in [0.1, 0.15) is 64.0 Å². The van der Waals surface area contributed by atoms with E-state index in [0.29, 0.717) is 6.54 Å². The van der Waals surface area contributed by atoms with E-state index in [9.17, 15) is 9.59 Å². The molecule has 1 fully saturated rings. The lowest BCUT2D eigenvalue weighted by molar-refractivity contribution is -0.137. The fourth-order valence-electron chi connectivity index (χ4n) is 4.79. The smallest absolute Gasteiger partial charge is 0.248 e. The molecule has 1 aromatic rings. The molecule has 1 heterocycles. The third kappa shape index (κ3) is 3.65. The van der Waals surface area contributed by atoms with Crippen LogP contribution in [0.4, 0.5) is 0 Å². The first-order valence-corrected chi connectivity index (χ1v) is 10.5. The van der Waals surface area contributed by atoms with E-state index < -0.39 is 6.04 Å². The fourth-order valence-corrected chi connectivity index (χ4v) is 4.79. The summed E-state index contributed by atoms with van der Waals surface area (Å²) in [5, 5.41) is 3.24. The molecule has 1 unspecified atom stereocenters. The Morgan fingerprint density at radius 1 is 1.14 bits per heavy atom. The Kier molecular flexibility index (Phi) is 5.13. The van der Waals surface area contributed by atoms with E-state index in [1.165, 1.54) is 12.0 Å². The summed E-state index contributed by atoms with van der Waals surface area (Å²) in [5.74, 6) is -0.115. The number of hydrogen-bond acceptors (Lipinski definition) is 2. The number of nitrogens with zero attached hydrogens (tertiary/aromatic N) is 1. The molecule has 4 heteroatoms. The SMILES string of the molecule is CC1(C)CC=C2CN(C(C(=O)NC3CCCCC3)c3ccccc3)C(=O)C=C21. The normalized spacial score (nSPS) is 22.9. The summed E-state index contributed by atoms with van der Waals surface area (Å²) in [7, 11) is 0. The van der Waals surface area contributed by atoms with Crippen molar-refractivity contribution < 1.29 is 9.59 Å². The van der Waals surface area contributed by atoms with Gasteiger partial charge in [-0.25, -0.2) is 0 Å². The van der Waals surface area contributed by atoms with Gasteiger partial charge in [-0.2, -0.15) is 0 Å². The van der Waals surface area contributed by atoms with Crippen LogP contribution < -0.4 is 5.32 Å². The lowest BCUT2D eigenvalue weighted by atomic mass is 9.82. The maximum absolute atomic E-state index is 13.3. The maximum Gasteiger partial charge on any atom is 0.248 e. The Hall–Kier alpha value is -2.36. The molecule has 1 atom stereocenters. The Balaban J connectivity index is 1.63. The molecule has 148 valence electrons. The molecule has 1 aromatic carbocycles. The van der Waals surface area contributed by atoms with Gasteiger partial charge in [0, 0.05) is 18.7 Å². The van der Waals surface area contributed by atoms with Gasteiger partial charge in [-0.15, -0.1) is 0 Å². The Morgan fingerprint density at radius 3 is 2.57 bits per heavy atom. The van der Waals surface area contributed by atoms with Gasteiger partial charge in [0.1, 0.15) is 6.04 Å². The highest BCUT2D eigenvalue weighted by Gasteiger charge is 2.40. The topological polar surface area (TPSA) is 49.4 Å². The number of nitrogens with one attached hydrogen (secondary N) is 1. The Bertz CT molecular complexity index is 816. The fraction of sp³-hybridized carbons (Fsp3) is 0.500. The second kappa shape index (κ2) is 7.57. The van der Waals surface area contributed by atoms with Crippen molar-refractivity contribution in [2.24, 2.45) is 5.41 Å². The van der Waals surface area contributed by atoms with E-state index in [4.69, 9.17) is 0 Å². The zero-order chi connectivity index (χ0) is 19.7. The number of rotatable bonds is 4. The molecule has 0 aromatic heterocycles.